The van der Waals surface area contributed by atoms with Crippen LogP contribution in [0.4, 0.5) is 0 Å². The number of rotatable bonds is 11. The van der Waals surface area contributed by atoms with Gasteiger partial charge >= 0.3 is 11.9 Å². The molecule has 0 spiro atoms. The molecule has 1 aliphatic carbocycles. The van der Waals surface area contributed by atoms with Crippen LogP contribution in [-0.4, -0.2) is 199 Å². The average molecular weight is 1660 g/mol. The summed E-state index contributed by atoms with van der Waals surface area (Å²) in [4.78, 5) is 203. The standard InChI is InChI=1S/C72H82N18O19S5/c1-15-38-64-83-45(23-110-64)61(102)89-53(71(13,107)35(12)93)67-85-44(24-113-67)59(100)88-49-34(11)109-69(106)41-20-37(32(9)91)36-16-17-39(51(94)50(36)79-41)78-47(26(2)3)62(103)76-29(6)55(96)73-27(4)54(95)74-30(7)57(98)90-72(70-86-46(25-114-70)60(101)87-48(33(10)92)63(104)81-38)19-18-40(80-52(72)42-21-112-66(49)82-42)65-84-43(22-111-65)58(99)75-28(5)56(97)77-31(8)68(105)108-14/h15-17,20-22,24-26,30,32-35,39,45,47-49,51-53,78,91-94,107H,4-6,8,18-19,23H2,1-3,7,9-14H3,(H,73,96)(H,74,95)(H,75,99)(H,76,103)(H,77,97)(H,81,104)(H,87,101)(H,88,100)(H,89,102)(H,90,98). The van der Waals surface area contributed by atoms with Gasteiger partial charge in [-0.15, -0.1) is 57.1 Å². The van der Waals surface area contributed by atoms with E-state index in [0.29, 0.717) is 0 Å². The highest BCUT2D eigenvalue weighted by atomic mass is 32.2. The van der Waals surface area contributed by atoms with Crippen LogP contribution in [0, 0.1) is 5.92 Å². The number of ether oxygens (including phenoxy) is 2. The van der Waals surface area contributed by atoms with Gasteiger partial charge in [0.05, 0.1) is 77.4 Å². The number of nitrogens with zero attached hydrogens (tertiary/aromatic N) is 7. The van der Waals surface area contributed by atoms with Crippen molar-refractivity contribution in [3.8, 4) is 0 Å². The molecule has 10 rings (SSSR count). The van der Waals surface area contributed by atoms with Gasteiger partial charge in [-0.05, 0) is 78.9 Å². The Morgan fingerprint density at radius 1 is 0.746 bits per heavy atom. The number of hydrogen-bond donors (Lipinski definition) is 16. The minimum atomic E-state index is -2.21. The second-order valence-electron chi connectivity index (χ2n) is 27.5. The highest BCUT2D eigenvalue weighted by molar-refractivity contribution is 8.14. The zero-order chi connectivity index (χ0) is 83.4. The molecule has 15 atom stereocenters. The summed E-state index contributed by atoms with van der Waals surface area (Å²) in [6.07, 6.45) is -3.71. The van der Waals surface area contributed by atoms with Crippen LogP contribution in [0.25, 0.3) is 6.08 Å². The number of nitrogens with one attached hydrogen (secondary N) is 11. The third-order valence-electron chi connectivity index (χ3n) is 18.8. The number of esters is 2. The number of aliphatic hydroxyl groups is 5. The van der Waals surface area contributed by atoms with Crippen molar-refractivity contribution < 1.29 is 92.5 Å². The van der Waals surface area contributed by atoms with E-state index in [4.69, 9.17) is 19.7 Å². The van der Waals surface area contributed by atoms with Crippen LogP contribution in [-0.2, 0) is 53.4 Å². The number of carbonyl (C=O) groups excluding carboxylic acids is 12. The second-order valence-corrected chi connectivity index (χ2v) is 32.0. The van der Waals surface area contributed by atoms with Gasteiger partial charge in [-0.3, -0.25) is 63.2 Å². The topological polar surface area (TPSA) is 546 Å². The van der Waals surface area contributed by atoms with Crippen molar-refractivity contribution in [3.63, 3.8) is 0 Å². The fourth-order valence-corrected chi connectivity index (χ4v) is 17.0. The lowest BCUT2D eigenvalue weighted by molar-refractivity contribution is -0.137. The highest BCUT2D eigenvalue weighted by Gasteiger charge is 2.51. The molecule has 5 aromatic heterocycles. The van der Waals surface area contributed by atoms with E-state index in [1.807, 2.05) is 0 Å². The molecule has 16 N–H and O–H groups in total. The summed E-state index contributed by atoms with van der Waals surface area (Å²) in [5, 5.41) is 91.6. The van der Waals surface area contributed by atoms with E-state index in [-0.39, 0.29) is 89.0 Å². The summed E-state index contributed by atoms with van der Waals surface area (Å²) in [6.45, 7) is 27.0. The second kappa shape index (κ2) is 35.3. The lowest BCUT2D eigenvalue weighted by Gasteiger charge is -2.41. The van der Waals surface area contributed by atoms with Gasteiger partial charge in [-0.2, -0.15) is 0 Å². The number of allylic oxidation sites excluding steroid dienone is 1. The lowest BCUT2D eigenvalue weighted by atomic mass is 9.80. The van der Waals surface area contributed by atoms with Crippen molar-refractivity contribution in [2.24, 2.45) is 15.9 Å². The zero-order valence-electron chi connectivity index (χ0n) is 62.8. The molecule has 13 bridgehead atoms. The third kappa shape index (κ3) is 18.5. The Balaban J connectivity index is 1.17. The molecule has 15 unspecified atom stereocenters. The van der Waals surface area contributed by atoms with Gasteiger partial charge in [-0.1, -0.05) is 58.4 Å². The van der Waals surface area contributed by atoms with E-state index in [1.54, 1.807) is 20.8 Å². The van der Waals surface area contributed by atoms with Crippen LogP contribution in [0.1, 0.15) is 190 Å². The maximum atomic E-state index is 15.4. The smallest absolute Gasteiger partial charge is 0.357 e. The number of cyclic esters (lactones) is 1. The van der Waals surface area contributed by atoms with Crippen LogP contribution in [0.15, 0.2) is 105 Å². The molecular weight excluding hydrogens is 1580 g/mol. The largest absolute Gasteiger partial charge is 0.464 e. The predicted octanol–water partition coefficient (Wildman–Crippen LogP) is 1.20. The van der Waals surface area contributed by atoms with E-state index >= 15 is 14.4 Å². The number of fused-ring (bicyclic) bond motifs is 7. The number of aliphatic hydroxyl groups excluding tert-OH is 4. The Morgan fingerprint density at radius 3 is 2.10 bits per heavy atom. The van der Waals surface area contributed by atoms with Crippen LogP contribution in [0.5, 0.6) is 0 Å². The number of hydrogen-bond acceptors (Lipinski definition) is 32. The fraction of sp³-hybridized carbons (Fsp3) is 0.403. The van der Waals surface area contributed by atoms with Gasteiger partial charge in [0.1, 0.15) is 113 Å². The molecule has 0 saturated carbocycles. The SMILES string of the molecule is C=C1NC(=O)C(C(C)C)NC2C=Cc3c(C(C)O)cc(nc3C2O)C(=O)OC(C)C2NC(=O)c3csc(n3)C(C(C)(O)C(C)O)NC(=O)C3CSC(=N3)C(=CC)NC(=O)C(C(C)O)NC(=O)c3csc(n3)C3(CCC(c4nc(C(=O)NC(=C)C(=O)NC(=C)C(=O)OC)cs4)=NC3c3csc2n3)NC(=O)C(C)NC(=O)C(=C)NC1=O. The Labute approximate surface area is 670 Å². The average Bonchev–Trinajstić information content (AvgIpc) is 1.49. The molecule has 5 aliphatic rings. The number of aliphatic imine (C=N–C) groups is 2. The number of methoxy groups -OCH3 is 1. The van der Waals surface area contributed by atoms with Crippen molar-refractivity contribution >= 4 is 145 Å². The molecule has 0 fully saturated rings. The minimum absolute atomic E-state index is 0.0184. The summed E-state index contributed by atoms with van der Waals surface area (Å²) >= 11 is 4.40. The number of carbonyl (C=O) groups is 12. The van der Waals surface area contributed by atoms with E-state index in [2.05, 4.69) is 109 Å². The molecule has 9 heterocycles. The van der Waals surface area contributed by atoms with E-state index < -0.39 is 201 Å². The summed E-state index contributed by atoms with van der Waals surface area (Å²) in [5.74, 6) is -12.6. The first kappa shape index (κ1) is 85.6. The molecule has 114 heavy (non-hydrogen) atoms. The quantitative estimate of drug-likeness (QED) is 0.0652. The van der Waals surface area contributed by atoms with Crippen molar-refractivity contribution in [1.29, 1.82) is 0 Å². The molecule has 0 saturated heterocycles. The van der Waals surface area contributed by atoms with Gasteiger partial charge in [-0.25, -0.2) is 34.5 Å². The van der Waals surface area contributed by atoms with Gasteiger partial charge in [0.25, 0.3) is 35.4 Å². The Morgan fingerprint density at radius 2 is 1.42 bits per heavy atom. The maximum absolute atomic E-state index is 15.4. The number of pyridine rings is 1. The van der Waals surface area contributed by atoms with E-state index in [0.717, 1.165) is 64.2 Å². The first-order valence-electron chi connectivity index (χ1n) is 35.1. The maximum Gasteiger partial charge on any atom is 0.357 e. The number of aromatic nitrogens is 5. The fourth-order valence-electron chi connectivity index (χ4n) is 12.2. The van der Waals surface area contributed by atoms with Crippen LogP contribution < -0.4 is 58.5 Å². The van der Waals surface area contributed by atoms with Gasteiger partial charge in [0.15, 0.2) is 0 Å². The van der Waals surface area contributed by atoms with E-state index in [1.165, 1.54) is 87.4 Å². The number of thiazole rings is 4. The normalized spacial score (nSPS) is 26.0. The van der Waals surface area contributed by atoms with Crippen molar-refractivity contribution in [3.05, 3.63) is 160 Å². The van der Waals surface area contributed by atoms with Crippen molar-refractivity contribution in [1.82, 2.24) is 83.4 Å². The molecule has 604 valence electrons. The summed E-state index contributed by atoms with van der Waals surface area (Å²) in [5.41, 5.74) is -7.73. The lowest BCUT2D eigenvalue weighted by Crippen LogP contribution is -2.57. The molecule has 0 radical (unpaired) electrons. The zero-order valence-corrected chi connectivity index (χ0v) is 66.9. The van der Waals surface area contributed by atoms with E-state index in [9.17, 15) is 68.7 Å². The van der Waals surface area contributed by atoms with Crippen LogP contribution in [0.3, 0.4) is 0 Å². The summed E-state index contributed by atoms with van der Waals surface area (Å²) in [6, 6.07) is -10.4. The van der Waals surface area contributed by atoms with Crippen LogP contribution >= 0.6 is 57.1 Å². The highest BCUT2D eigenvalue weighted by Crippen LogP contribution is 2.48. The number of thioether (sulfide) groups is 1. The molecule has 42 heteroatoms. The number of amides is 10. The van der Waals surface area contributed by atoms with Crippen molar-refractivity contribution in [2.45, 2.75) is 165 Å². The van der Waals surface area contributed by atoms with Crippen LogP contribution in [0.2, 0.25) is 0 Å². The molecular formula is C72H82N18O19S5. The van der Waals surface area contributed by atoms with Gasteiger partial charge in [0.2, 0.25) is 23.6 Å². The minimum Gasteiger partial charge on any atom is -0.464 e. The Bertz CT molecular complexity index is 4940. The molecule has 4 aliphatic heterocycles. The summed E-state index contributed by atoms with van der Waals surface area (Å²) in [7, 11) is 1.06. The molecule has 37 nitrogen and oxygen atoms in total. The monoisotopic (exact) mass is 1660 g/mol. The first-order valence-corrected chi connectivity index (χ1v) is 39.6. The Hall–Kier alpha value is -10.8. The van der Waals surface area contributed by atoms with Crippen molar-refractivity contribution in [2.75, 3.05) is 12.9 Å². The van der Waals surface area contributed by atoms with Gasteiger partial charge in [0, 0.05) is 32.8 Å². The third-order valence-corrected chi connectivity index (χ3v) is 23.7. The van der Waals surface area contributed by atoms with Gasteiger partial charge < -0.3 is 88.2 Å². The summed E-state index contributed by atoms with van der Waals surface area (Å²) < 4.78 is 10.8. The molecule has 10 amide bonds. The molecule has 5 aromatic rings. The predicted molar refractivity (Wildman–Crippen MR) is 416 cm³/mol. The first-order chi connectivity index (χ1) is 53.7. The molecule has 0 aromatic carbocycles. The Kier molecular flexibility index (Phi) is 26.5.